The Morgan fingerprint density at radius 1 is 1.33 bits per heavy atom. The van der Waals surface area contributed by atoms with Gasteiger partial charge in [-0.2, -0.15) is 0 Å². The molecule has 0 spiro atoms. The SMILES string of the molecule is CCCOCCNC(C)CNC. The molecule has 0 aromatic heterocycles. The minimum absolute atomic E-state index is 0.528. The van der Waals surface area contributed by atoms with E-state index in [1.807, 2.05) is 7.05 Å². The van der Waals surface area contributed by atoms with Crippen molar-refractivity contribution < 1.29 is 4.74 Å². The summed E-state index contributed by atoms with van der Waals surface area (Å²) in [6.07, 6.45) is 1.10. The summed E-state index contributed by atoms with van der Waals surface area (Å²) in [7, 11) is 1.96. The van der Waals surface area contributed by atoms with Crippen molar-refractivity contribution in [3.63, 3.8) is 0 Å². The lowest BCUT2D eigenvalue weighted by molar-refractivity contribution is 0.134. The van der Waals surface area contributed by atoms with E-state index in [1.165, 1.54) is 0 Å². The molecule has 0 fully saturated rings. The van der Waals surface area contributed by atoms with Crippen LogP contribution in [0.1, 0.15) is 20.3 Å². The van der Waals surface area contributed by atoms with Gasteiger partial charge in [-0.3, -0.25) is 0 Å². The zero-order chi connectivity index (χ0) is 9.23. The summed E-state index contributed by atoms with van der Waals surface area (Å²) in [5.74, 6) is 0. The molecule has 12 heavy (non-hydrogen) atoms. The van der Waals surface area contributed by atoms with E-state index in [0.717, 1.165) is 32.7 Å². The number of nitrogens with one attached hydrogen (secondary N) is 2. The van der Waals surface area contributed by atoms with Gasteiger partial charge in [-0.1, -0.05) is 6.92 Å². The molecule has 1 atom stereocenters. The van der Waals surface area contributed by atoms with Crippen LogP contribution in [0, 0.1) is 0 Å². The molecule has 0 aliphatic carbocycles. The first-order valence-electron chi connectivity index (χ1n) is 4.77. The number of ether oxygens (including phenoxy) is 1. The molecule has 0 amide bonds. The van der Waals surface area contributed by atoms with Gasteiger partial charge >= 0.3 is 0 Å². The van der Waals surface area contributed by atoms with Crippen LogP contribution in [0.2, 0.25) is 0 Å². The highest BCUT2D eigenvalue weighted by Gasteiger charge is 1.96. The van der Waals surface area contributed by atoms with E-state index >= 15 is 0 Å². The van der Waals surface area contributed by atoms with Gasteiger partial charge in [0.15, 0.2) is 0 Å². The van der Waals surface area contributed by atoms with E-state index in [-0.39, 0.29) is 0 Å². The summed E-state index contributed by atoms with van der Waals surface area (Å²) >= 11 is 0. The lowest BCUT2D eigenvalue weighted by Gasteiger charge is -2.12. The summed E-state index contributed by atoms with van der Waals surface area (Å²) in [6, 6.07) is 0.528. The van der Waals surface area contributed by atoms with Crippen molar-refractivity contribution in [2.24, 2.45) is 0 Å². The molecule has 0 aliphatic rings. The van der Waals surface area contributed by atoms with Gasteiger partial charge in [0.05, 0.1) is 6.61 Å². The van der Waals surface area contributed by atoms with Crippen LogP contribution in [0.25, 0.3) is 0 Å². The van der Waals surface area contributed by atoms with Crippen LogP contribution in [-0.4, -0.2) is 39.4 Å². The Morgan fingerprint density at radius 3 is 2.67 bits per heavy atom. The van der Waals surface area contributed by atoms with Gasteiger partial charge in [0.1, 0.15) is 0 Å². The van der Waals surface area contributed by atoms with Gasteiger partial charge in [0.2, 0.25) is 0 Å². The minimum atomic E-state index is 0.528. The molecule has 0 heterocycles. The van der Waals surface area contributed by atoms with Crippen LogP contribution < -0.4 is 10.6 Å². The largest absolute Gasteiger partial charge is 0.380 e. The third kappa shape index (κ3) is 7.98. The van der Waals surface area contributed by atoms with Crippen LogP contribution in [-0.2, 0) is 4.74 Å². The first-order valence-corrected chi connectivity index (χ1v) is 4.77. The second-order valence-corrected chi connectivity index (χ2v) is 3.03. The Morgan fingerprint density at radius 2 is 2.08 bits per heavy atom. The highest BCUT2D eigenvalue weighted by atomic mass is 16.5. The van der Waals surface area contributed by atoms with Gasteiger partial charge in [0, 0.05) is 25.7 Å². The molecule has 0 aliphatic heterocycles. The molecule has 0 saturated heterocycles. The Labute approximate surface area is 75.9 Å². The van der Waals surface area contributed by atoms with Crippen LogP contribution in [0.3, 0.4) is 0 Å². The minimum Gasteiger partial charge on any atom is -0.380 e. The van der Waals surface area contributed by atoms with Crippen LogP contribution in [0.4, 0.5) is 0 Å². The average molecular weight is 174 g/mol. The second kappa shape index (κ2) is 8.97. The van der Waals surface area contributed by atoms with E-state index in [9.17, 15) is 0 Å². The Balaban J connectivity index is 2.97. The molecule has 0 aromatic carbocycles. The normalized spacial score (nSPS) is 13.2. The van der Waals surface area contributed by atoms with E-state index < -0.39 is 0 Å². The molecule has 0 aromatic rings. The summed E-state index contributed by atoms with van der Waals surface area (Å²) in [4.78, 5) is 0. The topological polar surface area (TPSA) is 33.3 Å². The molecule has 0 rings (SSSR count). The summed E-state index contributed by atoms with van der Waals surface area (Å²) in [5, 5.41) is 6.47. The third-order valence-corrected chi connectivity index (χ3v) is 1.60. The van der Waals surface area contributed by atoms with E-state index in [1.54, 1.807) is 0 Å². The first-order chi connectivity index (χ1) is 5.81. The molecule has 3 heteroatoms. The van der Waals surface area contributed by atoms with Crippen molar-refractivity contribution in [1.82, 2.24) is 10.6 Å². The lowest BCUT2D eigenvalue weighted by Crippen LogP contribution is -2.36. The number of likely N-dealkylation sites (N-methyl/N-ethyl adjacent to an activating group) is 1. The maximum absolute atomic E-state index is 5.33. The fourth-order valence-corrected chi connectivity index (χ4v) is 1.00. The number of hydrogen-bond acceptors (Lipinski definition) is 3. The average Bonchev–Trinajstić information content (AvgIpc) is 2.05. The molecular formula is C9H22N2O. The van der Waals surface area contributed by atoms with E-state index in [0.29, 0.717) is 6.04 Å². The van der Waals surface area contributed by atoms with Crippen molar-refractivity contribution >= 4 is 0 Å². The summed E-state index contributed by atoms with van der Waals surface area (Å²) in [6.45, 7) is 7.94. The monoisotopic (exact) mass is 174 g/mol. The Hall–Kier alpha value is -0.120. The van der Waals surface area contributed by atoms with Crippen molar-refractivity contribution in [2.75, 3.05) is 33.4 Å². The van der Waals surface area contributed by atoms with Crippen molar-refractivity contribution in [1.29, 1.82) is 0 Å². The molecule has 0 radical (unpaired) electrons. The van der Waals surface area contributed by atoms with Crippen molar-refractivity contribution in [3.05, 3.63) is 0 Å². The molecular weight excluding hydrogens is 152 g/mol. The predicted molar refractivity (Wildman–Crippen MR) is 52.5 cm³/mol. The lowest BCUT2D eigenvalue weighted by atomic mass is 10.3. The van der Waals surface area contributed by atoms with Gasteiger partial charge in [-0.25, -0.2) is 0 Å². The van der Waals surface area contributed by atoms with Gasteiger partial charge in [-0.15, -0.1) is 0 Å². The second-order valence-electron chi connectivity index (χ2n) is 3.03. The first kappa shape index (κ1) is 11.9. The van der Waals surface area contributed by atoms with Gasteiger partial charge < -0.3 is 15.4 Å². The molecule has 0 bridgehead atoms. The highest BCUT2D eigenvalue weighted by Crippen LogP contribution is 1.80. The molecule has 3 nitrogen and oxygen atoms in total. The molecule has 0 saturated carbocycles. The molecule has 1 unspecified atom stereocenters. The number of rotatable bonds is 8. The van der Waals surface area contributed by atoms with Crippen molar-refractivity contribution in [3.8, 4) is 0 Å². The highest BCUT2D eigenvalue weighted by molar-refractivity contribution is 4.61. The third-order valence-electron chi connectivity index (χ3n) is 1.60. The maximum Gasteiger partial charge on any atom is 0.0591 e. The summed E-state index contributed by atoms with van der Waals surface area (Å²) < 4.78 is 5.33. The van der Waals surface area contributed by atoms with Crippen molar-refractivity contribution in [2.45, 2.75) is 26.3 Å². The Kier molecular flexibility index (Phi) is 8.88. The van der Waals surface area contributed by atoms with E-state index in [2.05, 4.69) is 24.5 Å². The zero-order valence-corrected chi connectivity index (χ0v) is 8.52. The predicted octanol–water partition coefficient (Wildman–Crippen LogP) is 0.611. The van der Waals surface area contributed by atoms with Gasteiger partial charge in [-0.05, 0) is 20.4 Å². The zero-order valence-electron chi connectivity index (χ0n) is 8.52. The maximum atomic E-state index is 5.33. The fraction of sp³-hybridized carbons (Fsp3) is 1.00. The standard InChI is InChI=1S/C9H22N2O/c1-4-6-12-7-5-11-9(2)8-10-3/h9-11H,4-8H2,1-3H3. The number of hydrogen-bond donors (Lipinski definition) is 2. The fourth-order valence-electron chi connectivity index (χ4n) is 1.00. The summed E-state index contributed by atoms with van der Waals surface area (Å²) in [5.41, 5.74) is 0. The van der Waals surface area contributed by atoms with Crippen LogP contribution in [0.15, 0.2) is 0 Å². The smallest absolute Gasteiger partial charge is 0.0591 e. The molecule has 2 N–H and O–H groups in total. The van der Waals surface area contributed by atoms with E-state index in [4.69, 9.17) is 4.74 Å². The van der Waals surface area contributed by atoms with Crippen LogP contribution >= 0.6 is 0 Å². The van der Waals surface area contributed by atoms with Crippen LogP contribution in [0.5, 0.6) is 0 Å². The van der Waals surface area contributed by atoms with Gasteiger partial charge in [0.25, 0.3) is 0 Å². The quantitative estimate of drug-likeness (QED) is 0.529. The Bertz CT molecular complexity index is 88.6. The molecule has 74 valence electrons.